The highest BCUT2D eigenvalue weighted by atomic mass is 19.1. The topological polar surface area (TPSA) is 101 Å². The molecule has 7 heteroatoms. The molecular weight excluding hydrogens is 215 g/mol. The van der Waals surface area contributed by atoms with Crippen LogP contribution in [0, 0.1) is 5.82 Å². The Balaban J connectivity index is 2.71. The van der Waals surface area contributed by atoms with Crippen LogP contribution in [0.15, 0.2) is 6.33 Å². The van der Waals surface area contributed by atoms with Crippen molar-refractivity contribution < 1.29 is 14.3 Å². The Hall–Kier alpha value is -1.76. The third kappa shape index (κ3) is 2.86. The average molecular weight is 228 g/mol. The average Bonchev–Trinajstić information content (AvgIpc) is 2.27. The molecule has 16 heavy (non-hydrogen) atoms. The van der Waals surface area contributed by atoms with E-state index in [2.05, 4.69) is 15.3 Å². The molecule has 0 spiro atoms. The summed E-state index contributed by atoms with van der Waals surface area (Å²) in [5.74, 6) is -1.51. The SMILES string of the molecule is CCc1ncnc(NCC(O)C(N)=O)c1F. The number of hydrogen-bond donors (Lipinski definition) is 3. The van der Waals surface area contributed by atoms with E-state index in [-0.39, 0.29) is 18.1 Å². The Morgan fingerprint density at radius 2 is 2.38 bits per heavy atom. The number of anilines is 1. The number of aliphatic hydroxyl groups is 1. The van der Waals surface area contributed by atoms with Gasteiger partial charge in [-0.1, -0.05) is 6.92 Å². The fourth-order valence-electron chi connectivity index (χ4n) is 1.07. The molecule has 1 rings (SSSR count). The molecule has 1 aromatic heterocycles. The molecule has 0 aliphatic carbocycles. The molecule has 1 unspecified atom stereocenters. The molecule has 1 amide bonds. The van der Waals surface area contributed by atoms with Gasteiger partial charge in [-0.3, -0.25) is 4.79 Å². The minimum atomic E-state index is -1.38. The van der Waals surface area contributed by atoms with Gasteiger partial charge < -0.3 is 16.2 Å². The summed E-state index contributed by atoms with van der Waals surface area (Å²) in [5.41, 5.74) is 5.11. The Kier molecular flexibility index (Phi) is 4.12. The van der Waals surface area contributed by atoms with E-state index in [0.29, 0.717) is 6.42 Å². The number of aryl methyl sites for hydroxylation is 1. The lowest BCUT2D eigenvalue weighted by Gasteiger charge is -2.10. The minimum absolute atomic E-state index is 0.0489. The number of hydrogen-bond acceptors (Lipinski definition) is 5. The first-order chi connectivity index (χ1) is 7.56. The number of aliphatic hydroxyl groups excluding tert-OH is 1. The predicted octanol–water partition coefficient (Wildman–Crippen LogP) is -0.564. The molecule has 0 saturated carbocycles. The van der Waals surface area contributed by atoms with Crippen molar-refractivity contribution in [2.75, 3.05) is 11.9 Å². The first-order valence-corrected chi connectivity index (χ1v) is 4.76. The lowest BCUT2D eigenvalue weighted by atomic mass is 10.3. The van der Waals surface area contributed by atoms with Gasteiger partial charge in [0.2, 0.25) is 5.91 Å². The van der Waals surface area contributed by atoms with Gasteiger partial charge in [-0.15, -0.1) is 0 Å². The maximum atomic E-state index is 13.5. The molecular formula is C9H13FN4O2. The van der Waals surface area contributed by atoms with Gasteiger partial charge in [-0.2, -0.15) is 0 Å². The summed E-state index contributed by atoms with van der Waals surface area (Å²) in [5, 5.41) is 11.6. The maximum Gasteiger partial charge on any atom is 0.248 e. The van der Waals surface area contributed by atoms with Crippen LogP contribution in [0.1, 0.15) is 12.6 Å². The summed E-state index contributed by atoms with van der Waals surface area (Å²) in [6.07, 6.45) is 0.266. The third-order valence-corrected chi connectivity index (χ3v) is 1.99. The lowest BCUT2D eigenvalue weighted by Crippen LogP contribution is -2.34. The number of carbonyl (C=O) groups excluding carboxylic acids is 1. The first kappa shape index (κ1) is 12.3. The number of carbonyl (C=O) groups is 1. The van der Waals surface area contributed by atoms with Crippen molar-refractivity contribution in [2.24, 2.45) is 5.73 Å². The van der Waals surface area contributed by atoms with E-state index in [1.54, 1.807) is 6.92 Å². The summed E-state index contributed by atoms with van der Waals surface area (Å²) in [7, 11) is 0. The van der Waals surface area contributed by atoms with E-state index in [9.17, 15) is 9.18 Å². The first-order valence-electron chi connectivity index (χ1n) is 4.76. The summed E-state index contributed by atoms with van der Waals surface area (Å²) >= 11 is 0. The monoisotopic (exact) mass is 228 g/mol. The van der Waals surface area contributed by atoms with Crippen molar-refractivity contribution in [1.29, 1.82) is 0 Å². The second-order valence-electron chi connectivity index (χ2n) is 3.14. The van der Waals surface area contributed by atoms with Crippen molar-refractivity contribution in [1.82, 2.24) is 9.97 Å². The summed E-state index contributed by atoms with van der Waals surface area (Å²) in [4.78, 5) is 17.9. The molecule has 0 saturated heterocycles. The van der Waals surface area contributed by atoms with Gasteiger partial charge in [0.15, 0.2) is 11.6 Å². The zero-order chi connectivity index (χ0) is 12.1. The van der Waals surface area contributed by atoms with Gasteiger partial charge in [0.05, 0.1) is 12.2 Å². The van der Waals surface area contributed by atoms with Crippen molar-refractivity contribution >= 4 is 11.7 Å². The number of primary amides is 1. The molecule has 1 heterocycles. The molecule has 0 fully saturated rings. The largest absolute Gasteiger partial charge is 0.381 e. The van der Waals surface area contributed by atoms with E-state index >= 15 is 0 Å². The molecule has 0 aromatic carbocycles. The molecule has 0 aliphatic rings. The number of nitrogens with zero attached hydrogens (tertiary/aromatic N) is 2. The van der Waals surface area contributed by atoms with Crippen LogP contribution < -0.4 is 11.1 Å². The molecule has 0 aliphatic heterocycles. The van der Waals surface area contributed by atoms with E-state index in [1.165, 1.54) is 6.33 Å². The molecule has 6 nitrogen and oxygen atoms in total. The van der Waals surface area contributed by atoms with Crippen LogP contribution in [0.25, 0.3) is 0 Å². The standard InChI is InChI=1S/C9H13FN4O2/c1-2-5-7(10)9(14-4-13-5)12-3-6(15)8(11)16/h4,6,15H,2-3H2,1H3,(H2,11,16)(H,12,13,14). The highest BCUT2D eigenvalue weighted by Gasteiger charge is 2.13. The molecule has 4 N–H and O–H groups in total. The van der Waals surface area contributed by atoms with Gasteiger partial charge in [-0.05, 0) is 6.42 Å². The number of nitrogens with two attached hydrogens (primary N) is 1. The number of nitrogens with one attached hydrogen (secondary N) is 1. The second-order valence-corrected chi connectivity index (χ2v) is 3.14. The van der Waals surface area contributed by atoms with Crippen LogP contribution in [0.5, 0.6) is 0 Å². The van der Waals surface area contributed by atoms with E-state index in [1.807, 2.05) is 0 Å². The van der Waals surface area contributed by atoms with Gasteiger partial charge in [0.1, 0.15) is 12.4 Å². The Bertz CT molecular complexity index is 386. The van der Waals surface area contributed by atoms with Crippen LogP contribution >= 0.6 is 0 Å². The maximum absolute atomic E-state index is 13.5. The quantitative estimate of drug-likeness (QED) is 0.627. The van der Waals surface area contributed by atoms with Crippen molar-refractivity contribution in [3.05, 3.63) is 17.8 Å². The van der Waals surface area contributed by atoms with Crippen molar-refractivity contribution in [3.8, 4) is 0 Å². The second kappa shape index (κ2) is 5.36. The number of rotatable bonds is 5. The smallest absolute Gasteiger partial charge is 0.248 e. The predicted molar refractivity (Wildman–Crippen MR) is 55.1 cm³/mol. The van der Waals surface area contributed by atoms with Crippen LogP contribution in [0.3, 0.4) is 0 Å². The van der Waals surface area contributed by atoms with E-state index < -0.39 is 17.8 Å². The molecule has 0 bridgehead atoms. The Labute approximate surface area is 91.7 Å². The molecule has 88 valence electrons. The van der Waals surface area contributed by atoms with Gasteiger partial charge in [0, 0.05) is 0 Å². The fourth-order valence-corrected chi connectivity index (χ4v) is 1.07. The summed E-state index contributed by atoms with van der Waals surface area (Å²) in [6.45, 7) is 1.57. The van der Waals surface area contributed by atoms with Crippen LogP contribution in [0.4, 0.5) is 10.2 Å². The molecule has 0 radical (unpaired) electrons. The van der Waals surface area contributed by atoms with E-state index in [0.717, 1.165) is 0 Å². The molecule has 1 aromatic rings. The number of amides is 1. The zero-order valence-corrected chi connectivity index (χ0v) is 8.77. The Morgan fingerprint density at radius 1 is 1.69 bits per heavy atom. The van der Waals surface area contributed by atoms with Crippen molar-refractivity contribution in [3.63, 3.8) is 0 Å². The van der Waals surface area contributed by atoms with Crippen LogP contribution in [-0.2, 0) is 11.2 Å². The minimum Gasteiger partial charge on any atom is -0.381 e. The van der Waals surface area contributed by atoms with E-state index in [4.69, 9.17) is 10.8 Å². The summed E-state index contributed by atoms with van der Waals surface area (Å²) in [6, 6.07) is 0. The van der Waals surface area contributed by atoms with Crippen LogP contribution in [0.2, 0.25) is 0 Å². The van der Waals surface area contributed by atoms with Crippen LogP contribution in [-0.4, -0.2) is 33.6 Å². The normalized spacial score (nSPS) is 12.2. The Morgan fingerprint density at radius 3 is 2.94 bits per heavy atom. The van der Waals surface area contributed by atoms with Gasteiger partial charge >= 0.3 is 0 Å². The van der Waals surface area contributed by atoms with Gasteiger partial charge in [-0.25, -0.2) is 14.4 Å². The highest BCUT2D eigenvalue weighted by Crippen LogP contribution is 2.12. The third-order valence-electron chi connectivity index (χ3n) is 1.99. The zero-order valence-electron chi connectivity index (χ0n) is 8.77. The lowest BCUT2D eigenvalue weighted by molar-refractivity contribution is -0.125. The number of halogens is 1. The number of aromatic nitrogens is 2. The summed E-state index contributed by atoms with van der Waals surface area (Å²) < 4.78 is 13.5. The fraction of sp³-hybridized carbons (Fsp3) is 0.444. The van der Waals surface area contributed by atoms with Gasteiger partial charge in [0.25, 0.3) is 0 Å². The highest BCUT2D eigenvalue weighted by molar-refractivity contribution is 5.79. The molecule has 1 atom stereocenters. The van der Waals surface area contributed by atoms with Crippen molar-refractivity contribution in [2.45, 2.75) is 19.4 Å².